The number of amides is 1. The summed E-state index contributed by atoms with van der Waals surface area (Å²) >= 11 is 5.19. The van der Waals surface area contributed by atoms with Crippen LogP contribution in [-0.4, -0.2) is 40.5 Å². The van der Waals surface area contributed by atoms with Crippen LogP contribution in [0, 0.1) is 10.1 Å². The number of nitro benzene ring substituents is 1. The lowest BCUT2D eigenvalue weighted by molar-refractivity contribution is -0.385. The smallest absolute Gasteiger partial charge is 0.311 e. The van der Waals surface area contributed by atoms with Crippen molar-refractivity contribution in [1.29, 1.82) is 0 Å². The SMILES string of the molecule is CCOc1ccc(C(=O)NC(=S)Nc2ccc(CN(CC)CC)cc2)cc1[N+](=O)[O-]. The summed E-state index contributed by atoms with van der Waals surface area (Å²) in [6, 6.07) is 11.8. The lowest BCUT2D eigenvalue weighted by Gasteiger charge is -2.18. The number of carbonyl (C=O) groups excluding carboxylic acids is 1. The Morgan fingerprint density at radius 2 is 1.80 bits per heavy atom. The maximum Gasteiger partial charge on any atom is 0.311 e. The first-order valence-corrected chi connectivity index (χ1v) is 10.1. The van der Waals surface area contributed by atoms with Crippen molar-refractivity contribution >= 4 is 34.6 Å². The van der Waals surface area contributed by atoms with Crippen LogP contribution in [-0.2, 0) is 6.54 Å². The fraction of sp³-hybridized carbons (Fsp3) is 0.333. The number of rotatable bonds is 9. The molecule has 1 amide bonds. The Hall–Kier alpha value is -3.04. The van der Waals surface area contributed by atoms with Crippen LogP contribution in [0.25, 0.3) is 0 Å². The minimum absolute atomic E-state index is 0.105. The molecule has 2 rings (SSSR count). The van der Waals surface area contributed by atoms with Gasteiger partial charge >= 0.3 is 5.69 Å². The summed E-state index contributed by atoms with van der Waals surface area (Å²) in [5.41, 5.74) is 1.76. The molecule has 9 heteroatoms. The van der Waals surface area contributed by atoms with Gasteiger partial charge < -0.3 is 10.1 Å². The molecule has 0 bridgehead atoms. The number of hydrogen-bond donors (Lipinski definition) is 2. The Morgan fingerprint density at radius 1 is 1.13 bits per heavy atom. The van der Waals surface area contributed by atoms with Crippen molar-refractivity contribution in [3.05, 3.63) is 63.7 Å². The molecular weight excluding hydrogens is 404 g/mol. The van der Waals surface area contributed by atoms with Crippen LogP contribution in [0.5, 0.6) is 5.75 Å². The topological polar surface area (TPSA) is 96.7 Å². The van der Waals surface area contributed by atoms with Gasteiger partial charge in [0, 0.05) is 23.9 Å². The zero-order valence-corrected chi connectivity index (χ0v) is 18.1. The van der Waals surface area contributed by atoms with Gasteiger partial charge in [-0.1, -0.05) is 26.0 Å². The number of ether oxygens (including phenoxy) is 1. The van der Waals surface area contributed by atoms with Crippen molar-refractivity contribution in [3.63, 3.8) is 0 Å². The zero-order chi connectivity index (χ0) is 22.1. The van der Waals surface area contributed by atoms with Crippen LogP contribution < -0.4 is 15.4 Å². The molecule has 2 N–H and O–H groups in total. The second-order valence-electron chi connectivity index (χ2n) is 6.44. The minimum atomic E-state index is -0.585. The van der Waals surface area contributed by atoms with Crippen LogP contribution in [0.15, 0.2) is 42.5 Å². The minimum Gasteiger partial charge on any atom is -0.487 e. The van der Waals surface area contributed by atoms with Crippen LogP contribution in [0.3, 0.4) is 0 Å². The molecule has 0 saturated carbocycles. The molecule has 160 valence electrons. The Morgan fingerprint density at radius 3 is 2.37 bits per heavy atom. The predicted molar refractivity (Wildman–Crippen MR) is 121 cm³/mol. The van der Waals surface area contributed by atoms with Gasteiger partial charge in [-0.2, -0.15) is 0 Å². The van der Waals surface area contributed by atoms with Gasteiger partial charge in [0.2, 0.25) is 0 Å². The molecule has 0 aliphatic heterocycles. The molecule has 0 aliphatic rings. The quantitative estimate of drug-likeness (QED) is 0.353. The number of nitro groups is 1. The number of benzene rings is 2. The van der Waals surface area contributed by atoms with E-state index in [1.54, 1.807) is 6.92 Å². The molecule has 8 nitrogen and oxygen atoms in total. The van der Waals surface area contributed by atoms with E-state index >= 15 is 0 Å². The number of thiocarbonyl (C=S) groups is 1. The van der Waals surface area contributed by atoms with E-state index < -0.39 is 10.8 Å². The molecule has 0 atom stereocenters. The highest BCUT2D eigenvalue weighted by Crippen LogP contribution is 2.28. The Labute approximate surface area is 181 Å². The number of nitrogens with one attached hydrogen (secondary N) is 2. The third kappa shape index (κ3) is 6.50. The Bertz CT molecular complexity index is 898. The van der Waals surface area contributed by atoms with Crippen LogP contribution in [0.1, 0.15) is 36.7 Å². The Balaban J connectivity index is 2.00. The number of nitrogens with zero attached hydrogens (tertiary/aromatic N) is 2. The molecule has 0 aliphatic carbocycles. The van der Waals surface area contributed by atoms with Crippen molar-refractivity contribution in [2.45, 2.75) is 27.3 Å². The normalized spacial score (nSPS) is 10.5. The van der Waals surface area contributed by atoms with E-state index in [9.17, 15) is 14.9 Å². The predicted octanol–water partition coefficient (Wildman–Crippen LogP) is 3.96. The maximum atomic E-state index is 12.4. The van der Waals surface area contributed by atoms with E-state index in [1.165, 1.54) is 23.8 Å². The second-order valence-corrected chi connectivity index (χ2v) is 6.85. The number of anilines is 1. The first-order valence-electron chi connectivity index (χ1n) is 9.72. The van der Waals surface area contributed by atoms with Gasteiger partial charge in [-0.25, -0.2) is 0 Å². The van der Waals surface area contributed by atoms with Crippen LogP contribution in [0.2, 0.25) is 0 Å². The summed E-state index contributed by atoms with van der Waals surface area (Å²) < 4.78 is 5.23. The fourth-order valence-corrected chi connectivity index (χ4v) is 3.03. The summed E-state index contributed by atoms with van der Waals surface area (Å²) in [5, 5.41) is 16.8. The van der Waals surface area contributed by atoms with Gasteiger partial charge in [-0.15, -0.1) is 0 Å². The molecular formula is C21H26N4O4S. The summed E-state index contributed by atoms with van der Waals surface area (Å²) in [6.45, 7) is 9.09. The van der Waals surface area contributed by atoms with Gasteiger partial charge in [0.25, 0.3) is 5.91 Å². The van der Waals surface area contributed by atoms with E-state index in [2.05, 4.69) is 29.4 Å². The van der Waals surface area contributed by atoms with Crippen molar-refractivity contribution < 1.29 is 14.5 Å². The molecule has 0 heterocycles. The van der Waals surface area contributed by atoms with Crippen molar-refractivity contribution in [3.8, 4) is 5.75 Å². The van der Waals surface area contributed by atoms with Gasteiger partial charge in [0.15, 0.2) is 10.9 Å². The third-order valence-corrected chi connectivity index (χ3v) is 4.66. The van der Waals surface area contributed by atoms with Crippen molar-refractivity contribution in [2.75, 3.05) is 25.0 Å². The summed E-state index contributed by atoms with van der Waals surface area (Å²) in [6.07, 6.45) is 0. The largest absolute Gasteiger partial charge is 0.487 e. The van der Waals surface area contributed by atoms with E-state index in [0.29, 0.717) is 0 Å². The number of hydrogen-bond acceptors (Lipinski definition) is 6. The highest BCUT2D eigenvalue weighted by atomic mass is 32.1. The molecule has 0 saturated heterocycles. The third-order valence-electron chi connectivity index (χ3n) is 4.46. The van der Waals surface area contributed by atoms with E-state index in [4.69, 9.17) is 17.0 Å². The van der Waals surface area contributed by atoms with Crippen LogP contribution >= 0.6 is 12.2 Å². The summed E-state index contributed by atoms with van der Waals surface area (Å²) in [5.74, 6) is -0.429. The molecule has 2 aromatic carbocycles. The monoisotopic (exact) mass is 430 g/mol. The van der Waals surface area contributed by atoms with Gasteiger partial charge in [-0.05, 0) is 62.1 Å². The zero-order valence-electron chi connectivity index (χ0n) is 17.3. The fourth-order valence-electron chi connectivity index (χ4n) is 2.82. The first kappa shape index (κ1) is 23.2. The maximum absolute atomic E-state index is 12.4. The molecule has 0 aromatic heterocycles. The second kappa shape index (κ2) is 11.2. The van der Waals surface area contributed by atoms with Gasteiger partial charge in [0.05, 0.1) is 11.5 Å². The van der Waals surface area contributed by atoms with Gasteiger partial charge in [0.1, 0.15) is 0 Å². The average molecular weight is 431 g/mol. The highest BCUT2D eigenvalue weighted by molar-refractivity contribution is 7.80. The van der Waals surface area contributed by atoms with Crippen molar-refractivity contribution in [2.24, 2.45) is 0 Å². The molecule has 2 aromatic rings. The summed E-state index contributed by atoms with van der Waals surface area (Å²) in [4.78, 5) is 25.4. The van der Waals surface area contributed by atoms with E-state index in [1.807, 2.05) is 24.3 Å². The standard InChI is InChI=1S/C21H26N4O4S/c1-4-24(5-2)14-15-7-10-17(11-8-15)22-21(30)23-20(26)16-9-12-19(29-6-3)18(13-16)25(27)28/h7-13H,4-6,14H2,1-3H3,(H2,22,23,26,30). The number of carbonyl (C=O) groups is 1. The van der Waals surface area contributed by atoms with Crippen molar-refractivity contribution in [1.82, 2.24) is 10.2 Å². The molecule has 0 spiro atoms. The summed E-state index contributed by atoms with van der Waals surface area (Å²) in [7, 11) is 0. The van der Waals surface area contributed by atoms with E-state index in [0.717, 1.165) is 25.3 Å². The lowest BCUT2D eigenvalue weighted by atomic mass is 10.1. The molecule has 0 fully saturated rings. The first-order chi connectivity index (χ1) is 14.4. The Kier molecular flexibility index (Phi) is 8.70. The van der Waals surface area contributed by atoms with Crippen LogP contribution in [0.4, 0.5) is 11.4 Å². The average Bonchev–Trinajstić information content (AvgIpc) is 2.73. The molecule has 30 heavy (non-hydrogen) atoms. The van der Waals surface area contributed by atoms with E-state index in [-0.39, 0.29) is 28.7 Å². The molecule has 0 radical (unpaired) electrons. The van der Waals surface area contributed by atoms with Gasteiger partial charge in [-0.3, -0.25) is 25.1 Å². The molecule has 0 unspecified atom stereocenters. The highest BCUT2D eigenvalue weighted by Gasteiger charge is 2.19. The lowest BCUT2D eigenvalue weighted by Crippen LogP contribution is -2.34.